The number of hydrogen-bond acceptors (Lipinski definition) is 2. The smallest absolute Gasteiger partial charge is 0.253 e. The molecule has 0 aliphatic carbocycles. The van der Waals surface area contributed by atoms with Gasteiger partial charge in [0.25, 0.3) is 5.91 Å². The largest absolute Gasteiger partial charge is 0.339 e. The molecule has 2 aromatic rings. The van der Waals surface area contributed by atoms with Crippen LogP contribution in [0.4, 0.5) is 0 Å². The van der Waals surface area contributed by atoms with Crippen LogP contribution in [-0.2, 0) is 19.5 Å². The van der Waals surface area contributed by atoms with Gasteiger partial charge in [-0.1, -0.05) is 36.4 Å². The molecule has 0 unspecified atom stereocenters. The van der Waals surface area contributed by atoms with Crippen LogP contribution in [0.15, 0.2) is 48.5 Å². The molecule has 1 fully saturated rings. The fraction of sp³-hybridized carbons (Fsp3) is 0.381. The number of fused-ring (bicyclic) bond motifs is 1. The molecule has 2 aliphatic heterocycles. The van der Waals surface area contributed by atoms with Crippen molar-refractivity contribution in [1.29, 1.82) is 0 Å². The van der Waals surface area contributed by atoms with E-state index in [1.54, 1.807) is 0 Å². The first kappa shape index (κ1) is 15.4. The summed E-state index contributed by atoms with van der Waals surface area (Å²) >= 11 is 0. The standard InChI is InChI=1S/C21H24N2O/c24-21(23-12-3-4-13-23)19-9-7-17(8-10-19)15-22-14-11-18-5-1-2-6-20(18)16-22/h1-2,5-10H,3-4,11-16H2. The van der Waals surface area contributed by atoms with Gasteiger partial charge < -0.3 is 4.90 Å². The first-order valence-corrected chi connectivity index (χ1v) is 8.97. The Kier molecular flexibility index (Phi) is 4.35. The van der Waals surface area contributed by atoms with Gasteiger partial charge in [0, 0.05) is 38.3 Å². The molecule has 2 aliphatic rings. The molecule has 0 aromatic heterocycles. The van der Waals surface area contributed by atoms with Gasteiger partial charge in [-0.05, 0) is 48.1 Å². The molecule has 0 radical (unpaired) electrons. The van der Waals surface area contributed by atoms with Crippen LogP contribution in [0.5, 0.6) is 0 Å². The maximum Gasteiger partial charge on any atom is 0.253 e. The Morgan fingerprint density at radius 1 is 0.875 bits per heavy atom. The number of carbonyl (C=O) groups is 1. The Hall–Kier alpha value is -2.13. The number of hydrogen-bond donors (Lipinski definition) is 0. The monoisotopic (exact) mass is 320 g/mol. The van der Waals surface area contributed by atoms with Crippen molar-refractivity contribution in [3.05, 3.63) is 70.8 Å². The summed E-state index contributed by atoms with van der Waals surface area (Å²) in [5.41, 5.74) is 5.04. The second-order valence-electron chi connectivity index (χ2n) is 6.93. The molecular formula is C21H24N2O. The quantitative estimate of drug-likeness (QED) is 0.864. The van der Waals surface area contributed by atoms with Gasteiger partial charge in [0.15, 0.2) is 0 Å². The zero-order valence-corrected chi connectivity index (χ0v) is 14.1. The van der Waals surface area contributed by atoms with Crippen LogP contribution in [-0.4, -0.2) is 35.3 Å². The van der Waals surface area contributed by atoms with E-state index >= 15 is 0 Å². The van der Waals surface area contributed by atoms with Crippen molar-refractivity contribution in [3.8, 4) is 0 Å². The predicted octanol–water partition coefficient (Wildman–Crippen LogP) is 3.48. The van der Waals surface area contributed by atoms with Crippen molar-refractivity contribution in [1.82, 2.24) is 9.80 Å². The van der Waals surface area contributed by atoms with Crippen molar-refractivity contribution in [2.75, 3.05) is 19.6 Å². The molecular weight excluding hydrogens is 296 g/mol. The maximum atomic E-state index is 12.4. The SMILES string of the molecule is O=C(c1ccc(CN2CCc3ccccc3C2)cc1)N1CCCC1. The van der Waals surface area contributed by atoms with E-state index in [0.717, 1.165) is 57.5 Å². The summed E-state index contributed by atoms with van der Waals surface area (Å²) in [6.45, 7) is 4.89. The summed E-state index contributed by atoms with van der Waals surface area (Å²) < 4.78 is 0. The van der Waals surface area contributed by atoms with Gasteiger partial charge in [0.1, 0.15) is 0 Å². The molecule has 0 N–H and O–H groups in total. The van der Waals surface area contributed by atoms with Gasteiger partial charge in [-0.25, -0.2) is 0 Å². The van der Waals surface area contributed by atoms with E-state index in [9.17, 15) is 4.79 Å². The molecule has 1 amide bonds. The van der Waals surface area contributed by atoms with Crippen LogP contribution in [0.3, 0.4) is 0 Å². The normalized spacial score (nSPS) is 17.8. The molecule has 4 rings (SSSR count). The maximum absolute atomic E-state index is 12.4. The molecule has 0 spiro atoms. The van der Waals surface area contributed by atoms with Gasteiger partial charge in [-0.3, -0.25) is 9.69 Å². The van der Waals surface area contributed by atoms with Crippen LogP contribution >= 0.6 is 0 Å². The van der Waals surface area contributed by atoms with E-state index < -0.39 is 0 Å². The fourth-order valence-corrected chi connectivity index (χ4v) is 3.80. The van der Waals surface area contributed by atoms with Crippen LogP contribution in [0, 0.1) is 0 Å². The second-order valence-corrected chi connectivity index (χ2v) is 6.93. The first-order valence-electron chi connectivity index (χ1n) is 8.97. The lowest BCUT2D eigenvalue weighted by atomic mass is 9.99. The van der Waals surface area contributed by atoms with Crippen molar-refractivity contribution in [2.45, 2.75) is 32.4 Å². The summed E-state index contributed by atoms with van der Waals surface area (Å²) in [5, 5.41) is 0. The fourth-order valence-electron chi connectivity index (χ4n) is 3.80. The van der Waals surface area contributed by atoms with Gasteiger partial charge in [0.05, 0.1) is 0 Å². The van der Waals surface area contributed by atoms with Crippen LogP contribution < -0.4 is 0 Å². The highest BCUT2D eigenvalue weighted by Gasteiger charge is 2.20. The topological polar surface area (TPSA) is 23.6 Å². The number of amides is 1. The summed E-state index contributed by atoms with van der Waals surface area (Å²) in [5.74, 6) is 0.186. The summed E-state index contributed by atoms with van der Waals surface area (Å²) in [6, 6.07) is 17.0. The number of likely N-dealkylation sites (tertiary alicyclic amines) is 1. The lowest BCUT2D eigenvalue weighted by molar-refractivity contribution is 0.0793. The molecule has 3 nitrogen and oxygen atoms in total. The molecule has 124 valence electrons. The zero-order valence-electron chi connectivity index (χ0n) is 14.1. The molecule has 0 saturated carbocycles. The van der Waals surface area contributed by atoms with E-state index in [2.05, 4.69) is 41.3 Å². The highest BCUT2D eigenvalue weighted by molar-refractivity contribution is 5.94. The molecule has 3 heteroatoms. The second kappa shape index (κ2) is 6.78. The minimum Gasteiger partial charge on any atom is -0.339 e. The molecule has 24 heavy (non-hydrogen) atoms. The number of rotatable bonds is 3. The van der Waals surface area contributed by atoms with Crippen molar-refractivity contribution >= 4 is 5.91 Å². The zero-order chi connectivity index (χ0) is 16.4. The van der Waals surface area contributed by atoms with Gasteiger partial charge in [0.2, 0.25) is 0 Å². The average Bonchev–Trinajstić information content (AvgIpc) is 3.16. The number of benzene rings is 2. The third kappa shape index (κ3) is 3.22. The van der Waals surface area contributed by atoms with E-state index in [0.29, 0.717) is 0 Å². The lowest BCUT2D eigenvalue weighted by Gasteiger charge is -2.28. The van der Waals surface area contributed by atoms with Crippen LogP contribution in [0.2, 0.25) is 0 Å². The minimum atomic E-state index is 0.186. The van der Waals surface area contributed by atoms with Crippen molar-refractivity contribution in [2.24, 2.45) is 0 Å². The highest BCUT2D eigenvalue weighted by Crippen LogP contribution is 2.21. The summed E-state index contributed by atoms with van der Waals surface area (Å²) in [6.07, 6.45) is 3.40. The molecule has 0 atom stereocenters. The Labute approximate surface area is 143 Å². The molecule has 2 heterocycles. The third-order valence-electron chi connectivity index (χ3n) is 5.21. The average molecular weight is 320 g/mol. The minimum absolute atomic E-state index is 0.186. The Morgan fingerprint density at radius 3 is 2.33 bits per heavy atom. The third-order valence-corrected chi connectivity index (χ3v) is 5.21. The highest BCUT2D eigenvalue weighted by atomic mass is 16.2. The molecule has 2 aromatic carbocycles. The molecule has 1 saturated heterocycles. The number of carbonyl (C=O) groups excluding carboxylic acids is 1. The van der Waals surface area contributed by atoms with E-state index in [1.165, 1.54) is 16.7 Å². The Bertz CT molecular complexity index is 717. The van der Waals surface area contributed by atoms with E-state index in [1.807, 2.05) is 17.0 Å². The van der Waals surface area contributed by atoms with Gasteiger partial charge in [-0.15, -0.1) is 0 Å². The molecule has 0 bridgehead atoms. The van der Waals surface area contributed by atoms with Crippen molar-refractivity contribution < 1.29 is 4.79 Å². The van der Waals surface area contributed by atoms with Gasteiger partial charge >= 0.3 is 0 Å². The summed E-state index contributed by atoms with van der Waals surface area (Å²) in [4.78, 5) is 16.9. The lowest BCUT2D eigenvalue weighted by Crippen LogP contribution is -2.30. The predicted molar refractivity (Wildman–Crippen MR) is 95.8 cm³/mol. The Balaban J connectivity index is 1.40. The summed E-state index contributed by atoms with van der Waals surface area (Å²) in [7, 11) is 0. The van der Waals surface area contributed by atoms with E-state index in [-0.39, 0.29) is 5.91 Å². The van der Waals surface area contributed by atoms with Crippen molar-refractivity contribution in [3.63, 3.8) is 0 Å². The van der Waals surface area contributed by atoms with Crippen LogP contribution in [0.1, 0.15) is 39.9 Å². The first-order chi connectivity index (χ1) is 11.8. The Morgan fingerprint density at radius 2 is 1.58 bits per heavy atom. The number of nitrogens with zero attached hydrogens (tertiary/aromatic N) is 2. The van der Waals surface area contributed by atoms with Gasteiger partial charge in [-0.2, -0.15) is 0 Å². The van der Waals surface area contributed by atoms with Crippen LogP contribution in [0.25, 0.3) is 0 Å². The van der Waals surface area contributed by atoms with E-state index in [4.69, 9.17) is 0 Å².